The van der Waals surface area contributed by atoms with E-state index >= 15 is 0 Å². The van der Waals surface area contributed by atoms with E-state index in [1.807, 2.05) is 0 Å². The first-order valence-electron chi connectivity index (χ1n) is 17.3. The Bertz CT molecular complexity index is 2390. The fraction of sp³-hybridized carbons (Fsp3) is 0.214. The number of rotatable bonds is 14. The Morgan fingerprint density at radius 2 is 1.09 bits per heavy atom. The summed E-state index contributed by atoms with van der Waals surface area (Å²) in [6.07, 6.45) is -9.46. The maximum Gasteiger partial charge on any atom is 0.417 e. The molecule has 4 aromatic carbocycles. The summed E-state index contributed by atoms with van der Waals surface area (Å²) >= 11 is 0. The van der Waals surface area contributed by atoms with Crippen molar-refractivity contribution in [1.82, 2.24) is 0 Å². The lowest BCUT2D eigenvalue weighted by Gasteiger charge is -2.19. The van der Waals surface area contributed by atoms with E-state index in [4.69, 9.17) is 27.8 Å². The molecule has 296 valence electrons. The normalized spacial score (nSPS) is 11.9. The summed E-state index contributed by atoms with van der Waals surface area (Å²) in [5, 5.41) is 0.735. The van der Waals surface area contributed by atoms with E-state index in [1.165, 1.54) is 67.6 Å². The summed E-state index contributed by atoms with van der Waals surface area (Å²) in [7, 11) is 0. The molecule has 0 saturated carbocycles. The Kier molecular flexibility index (Phi) is 11.9. The zero-order chi connectivity index (χ0) is 40.9. The van der Waals surface area contributed by atoms with Crippen molar-refractivity contribution in [3.63, 3.8) is 0 Å². The van der Waals surface area contributed by atoms with Crippen LogP contribution in [0.2, 0.25) is 0 Å². The molecule has 2 aromatic heterocycles. The summed E-state index contributed by atoms with van der Waals surface area (Å²) in [5.74, 6) is -0.0762. The third-order valence-corrected chi connectivity index (χ3v) is 8.72. The van der Waals surface area contributed by atoms with Crippen LogP contribution < -0.4 is 20.7 Å². The molecule has 57 heavy (non-hydrogen) atoms. The Morgan fingerprint density at radius 3 is 1.51 bits per heavy atom. The number of ether oxygens (including phenoxy) is 4. The molecule has 0 N–H and O–H groups in total. The zero-order valence-corrected chi connectivity index (χ0v) is 30.0. The molecule has 0 radical (unpaired) electrons. The second kappa shape index (κ2) is 16.8. The molecule has 0 bridgehead atoms. The fourth-order valence-electron chi connectivity index (χ4n) is 5.90. The molecule has 0 amide bonds. The van der Waals surface area contributed by atoms with Crippen molar-refractivity contribution in [1.29, 1.82) is 0 Å². The van der Waals surface area contributed by atoms with Gasteiger partial charge in [-0.05, 0) is 55.5 Å². The molecule has 0 aliphatic carbocycles. The Labute approximate surface area is 319 Å². The van der Waals surface area contributed by atoms with Crippen LogP contribution in [0, 0.1) is 0 Å². The molecule has 6 rings (SSSR count). The van der Waals surface area contributed by atoms with Gasteiger partial charge in [-0.2, -0.15) is 26.3 Å². The van der Waals surface area contributed by atoms with Gasteiger partial charge in [0.1, 0.15) is 22.7 Å². The average molecular weight is 795 g/mol. The minimum absolute atomic E-state index is 0.0623. The van der Waals surface area contributed by atoms with Gasteiger partial charge >= 0.3 is 29.6 Å². The number of hydrogen-bond donors (Lipinski definition) is 0. The highest BCUT2D eigenvalue weighted by Gasteiger charge is 2.35. The van der Waals surface area contributed by atoms with Gasteiger partial charge in [0.15, 0.2) is 6.79 Å². The number of halogens is 6. The second-order valence-corrected chi connectivity index (χ2v) is 12.8. The van der Waals surface area contributed by atoms with Crippen LogP contribution in [-0.4, -0.2) is 32.1 Å². The smallest absolute Gasteiger partial charge is 0.417 e. The highest BCUT2D eigenvalue weighted by atomic mass is 19.4. The first kappa shape index (κ1) is 40.3. The molecule has 15 heteroatoms. The van der Waals surface area contributed by atoms with Crippen LogP contribution >= 0.6 is 0 Å². The van der Waals surface area contributed by atoms with E-state index in [0.717, 1.165) is 12.1 Å². The van der Waals surface area contributed by atoms with Gasteiger partial charge in [0.2, 0.25) is 0 Å². The minimum Gasteiger partial charge on any atom is -0.493 e. The molecule has 0 fully saturated rings. The van der Waals surface area contributed by atoms with Crippen molar-refractivity contribution >= 4 is 27.9 Å². The lowest BCUT2D eigenvalue weighted by molar-refractivity contribution is -0.157. The van der Waals surface area contributed by atoms with E-state index in [9.17, 15) is 40.7 Å². The molecule has 9 nitrogen and oxygen atoms in total. The van der Waals surface area contributed by atoms with Crippen molar-refractivity contribution in [3.05, 3.63) is 141 Å². The van der Waals surface area contributed by atoms with Gasteiger partial charge in [-0.25, -0.2) is 14.4 Å². The Balaban J connectivity index is 1.11. The summed E-state index contributed by atoms with van der Waals surface area (Å²) in [6, 6.07) is 21.1. The van der Waals surface area contributed by atoms with E-state index in [0.29, 0.717) is 22.3 Å². The largest absolute Gasteiger partial charge is 0.493 e. The summed E-state index contributed by atoms with van der Waals surface area (Å²) < 4.78 is 115. The third kappa shape index (κ3) is 9.73. The highest BCUT2D eigenvalue weighted by molar-refractivity contribution is 5.87. The van der Waals surface area contributed by atoms with Gasteiger partial charge in [-0.1, -0.05) is 43.0 Å². The number of benzene rings is 4. The lowest BCUT2D eigenvalue weighted by Crippen LogP contribution is -2.22. The zero-order valence-electron chi connectivity index (χ0n) is 30.0. The van der Waals surface area contributed by atoms with Crippen LogP contribution in [0.3, 0.4) is 0 Å². The third-order valence-electron chi connectivity index (χ3n) is 8.72. The van der Waals surface area contributed by atoms with Gasteiger partial charge < -0.3 is 27.8 Å². The molecule has 0 aliphatic rings. The van der Waals surface area contributed by atoms with Crippen LogP contribution in [0.4, 0.5) is 26.3 Å². The first-order chi connectivity index (χ1) is 27.1. The number of carbonyl (C=O) groups is 1. The predicted octanol–water partition coefficient (Wildman–Crippen LogP) is 9.97. The van der Waals surface area contributed by atoms with E-state index in [-0.39, 0.29) is 65.0 Å². The van der Waals surface area contributed by atoms with Crippen LogP contribution in [0.25, 0.3) is 44.2 Å². The van der Waals surface area contributed by atoms with Gasteiger partial charge in [0.25, 0.3) is 0 Å². The monoisotopic (exact) mass is 794 g/mol. The predicted molar refractivity (Wildman–Crippen MR) is 197 cm³/mol. The van der Waals surface area contributed by atoms with E-state index in [1.54, 1.807) is 24.3 Å². The average Bonchev–Trinajstić information content (AvgIpc) is 3.16. The van der Waals surface area contributed by atoms with Crippen molar-refractivity contribution in [3.8, 4) is 33.8 Å². The SMILES string of the molecule is C=C(C)C(=O)OCOC(CCOc1ccc2cc(-c3ccccc3C(F)(F)F)c(=O)oc2c1)CCOc1ccc2cc(-c3ccccc3C(F)(F)F)c(=O)oc2c1. The number of hydrogen-bond acceptors (Lipinski definition) is 9. The second-order valence-electron chi connectivity index (χ2n) is 12.8. The highest BCUT2D eigenvalue weighted by Crippen LogP contribution is 2.38. The minimum atomic E-state index is -4.68. The topological polar surface area (TPSA) is 114 Å². The van der Waals surface area contributed by atoms with Crippen molar-refractivity contribution in [2.24, 2.45) is 0 Å². The Morgan fingerprint density at radius 1 is 0.649 bits per heavy atom. The first-order valence-corrected chi connectivity index (χ1v) is 17.3. The molecule has 0 aliphatic heterocycles. The molecule has 6 aromatic rings. The lowest BCUT2D eigenvalue weighted by atomic mass is 10.00. The summed E-state index contributed by atoms with van der Waals surface area (Å²) in [4.78, 5) is 37.5. The van der Waals surface area contributed by atoms with E-state index in [2.05, 4.69) is 6.58 Å². The number of esters is 1. The van der Waals surface area contributed by atoms with Gasteiger partial charge in [0.05, 0.1) is 41.6 Å². The molecule has 0 unspecified atom stereocenters. The molecular weight excluding hydrogens is 762 g/mol. The van der Waals surface area contributed by atoms with Gasteiger partial charge in [-0.3, -0.25) is 0 Å². The molecule has 2 heterocycles. The molecule has 0 spiro atoms. The molecular formula is C42H32F6O9. The van der Waals surface area contributed by atoms with Gasteiger partial charge in [-0.15, -0.1) is 0 Å². The molecule has 0 saturated heterocycles. The van der Waals surface area contributed by atoms with Crippen LogP contribution in [-0.2, 0) is 26.6 Å². The maximum atomic E-state index is 13.6. The number of carbonyl (C=O) groups excluding carboxylic acids is 1. The Hall–Kier alpha value is -6.35. The van der Waals surface area contributed by atoms with Crippen LogP contribution in [0.5, 0.6) is 11.5 Å². The van der Waals surface area contributed by atoms with Crippen molar-refractivity contribution in [2.45, 2.75) is 38.2 Å². The number of fused-ring (bicyclic) bond motifs is 2. The fourth-order valence-corrected chi connectivity index (χ4v) is 5.90. The quantitative estimate of drug-likeness (QED) is 0.0350. The summed E-state index contributed by atoms with van der Waals surface area (Å²) in [5.41, 5.74) is -4.60. The van der Waals surface area contributed by atoms with E-state index < -0.39 is 53.6 Å². The standard InChI is InChI=1S/C42H32F6O9/c1-24(2)38(49)55-23-54-27(15-17-52-28-13-11-25-19-32(39(50)56-36(25)21-28)30-7-3-5-9-34(30)41(43,44)45)16-18-53-29-14-12-26-20-33(40(51)57-37(26)22-29)31-8-4-6-10-35(31)42(46,47)48/h3-14,19-22,27H,1,15-18,23H2,2H3. The molecule has 0 atom stereocenters. The maximum absolute atomic E-state index is 13.6. The van der Waals surface area contributed by atoms with Crippen LogP contribution in [0.1, 0.15) is 30.9 Å². The van der Waals surface area contributed by atoms with Gasteiger partial charge in [0, 0.05) is 52.4 Å². The van der Waals surface area contributed by atoms with Crippen molar-refractivity contribution < 1.29 is 58.9 Å². The summed E-state index contributed by atoms with van der Waals surface area (Å²) in [6.45, 7) is 4.72. The van der Waals surface area contributed by atoms with Crippen LogP contribution in [0.15, 0.2) is 128 Å². The number of alkyl halides is 6. The van der Waals surface area contributed by atoms with Crippen molar-refractivity contribution in [2.75, 3.05) is 20.0 Å².